The highest BCUT2D eigenvalue weighted by atomic mass is 16.2. The molecule has 0 aliphatic carbocycles. The third-order valence-electron chi connectivity index (χ3n) is 5.30. The summed E-state index contributed by atoms with van der Waals surface area (Å²) in [4.78, 5) is 29.2. The standard InChI is InChI=1S/C20H26N6O2/c1-15-22-16-8-4-5-9-17(16)24(15)13-7-11-21-19(27)14-26-20(28)25-12-6-2-3-10-18(25)23-26/h4-5,8-9H,2-3,6-7,10-14H2,1H3,(H,21,27). The number of benzene rings is 1. The van der Waals surface area contributed by atoms with Crippen LogP contribution in [-0.4, -0.2) is 36.4 Å². The van der Waals surface area contributed by atoms with Crippen molar-refractivity contribution in [1.29, 1.82) is 0 Å². The van der Waals surface area contributed by atoms with Gasteiger partial charge in [-0.1, -0.05) is 18.6 Å². The number of carbonyl (C=O) groups excluding carboxylic acids is 1. The molecule has 0 unspecified atom stereocenters. The van der Waals surface area contributed by atoms with Crippen LogP contribution in [0, 0.1) is 6.92 Å². The van der Waals surface area contributed by atoms with Crippen LogP contribution in [0.1, 0.15) is 37.3 Å². The van der Waals surface area contributed by atoms with Crippen molar-refractivity contribution >= 4 is 16.9 Å². The van der Waals surface area contributed by atoms with Gasteiger partial charge >= 0.3 is 5.69 Å². The topological polar surface area (TPSA) is 86.7 Å². The molecule has 0 atom stereocenters. The highest BCUT2D eigenvalue weighted by Crippen LogP contribution is 2.15. The second-order valence-electron chi connectivity index (χ2n) is 7.32. The van der Waals surface area contributed by atoms with Crippen LogP contribution in [0.2, 0.25) is 0 Å². The monoisotopic (exact) mass is 382 g/mol. The Bertz CT molecular complexity index is 1040. The van der Waals surface area contributed by atoms with Crippen molar-refractivity contribution in [2.45, 2.75) is 58.7 Å². The summed E-state index contributed by atoms with van der Waals surface area (Å²) in [7, 11) is 0. The van der Waals surface area contributed by atoms with Crippen molar-refractivity contribution in [2.75, 3.05) is 6.54 Å². The maximum Gasteiger partial charge on any atom is 0.346 e. The van der Waals surface area contributed by atoms with E-state index in [1.54, 1.807) is 4.57 Å². The molecule has 0 radical (unpaired) electrons. The largest absolute Gasteiger partial charge is 0.354 e. The van der Waals surface area contributed by atoms with Crippen molar-refractivity contribution in [2.24, 2.45) is 0 Å². The van der Waals surface area contributed by atoms with Gasteiger partial charge in [-0.15, -0.1) is 0 Å². The van der Waals surface area contributed by atoms with Gasteiger partial charge in [-0.25, -0.2) is 14.5 Å². The smallest absolute Gasteiger partial charge is 0.346 e. The normalized spacial score (nSPS) is 14.0. The Hall–Kier alpha value is -2.90. The van der Waals surface area contributed by atoms with E-state index < -0.39 is 0 Å². The first-order valence-corrected chi connectivity index (χ1v) is 9.98. The number of para-hydroxylation sites is 2. The van der Waals surface area contributed by atoms with Crippen molar-refractivity contribution in [3.8, 4) is 0 Å². The van der Waals surface area contributed by atoms with Crippen molar-refractivity contribution in [3.05, 3.63) is 46.4 Å². The minimum atomic E-state index is -0.178. The summed E-state index contributed by atoms with van der Waals surface area (Å²) < 4.78 is 5.18. The molecule has 1 amide bonds. The first-order chi connectivity index (χ1) is 13.6. The molecule has 8 nitrogen and oxygen atoms in total. The molecule has 0 fully saturated rings. The number of imidazole rings is 1. The number of aromatic nitrogens is 5. The van der Waals surface area contributed by atoms with Gasteiger partial charge in [-0.2, -0.15) is 5.10 Å². The van der Waals surface area contributed by atoms with Crippen LogP contribution in [0.3, 0.4) is 0 Å². The molecule has 0 saturated carbocycles. The van der Waals surface area contributed by atoms with Gasteiger partial charge in [-0.3, -0.25) is 9.36 Å². The molecule has 3 heterocycles. The quantitative estimate of drug-likeness (QED) is 0.657. The first kappa shape index (κ1) is 18.5. The number of amides is 1. The predicted octanol–water partition coefficient (Wildman–Crippen LogP) is 1.64. The van der Waals surface area contributed by atoms with Gasteiger partial charge in [0.2, 0.25) is 5.91 Å². The Morgan fingerprint density at radius 3 is 2.96 bits per heavy atom. The van der Waals surface area contributed by atoms with Crippen LogP contribution in [0.15, 0.2) is 29.1 Å². The molecule has 1 aliphatic rings. The fraction of sp³-hybridized carbons (Fsp3) is 0.500. The van der Waals surface area contributed by atoms with Crippen LogP contribution in [0.4, 0.5) is 0 Å². The van der Waals surface area contributed by atoms with E-state index in [0.29, 0.717) is 13.1 Å². The summed E-state index contributed by atoms with van der Waals surface area (Å²) in [5.41, 5.74) is 1.92. The van der Waals surface area contributed by atoms with Gasteiger partial charge < -0.3 is 9.88 Å². The third-order valence-corrected chi connectivity index (χ3v) is 5.30. The zero-order valence-electron chi connectivity index (χ0n) is 16.2. The van der Waals surface area contributed by atoms with E-state index >= 15 is 0 Å². The lowest BCUT2D eigenvalue weighted by molar-refractivity contribution is -0.121. The Balaban J connectivity index is 1.31. The molecule has 8 heteroatoms. The van der Waals surface area contributed by atoms with Crippen molar-refractivity contribution in [3.63, 3.8) is 0 Å². The van der Waals surface area contributed by atoms with E-state index in [2.05, 4.69) is 26.0 Å². The third kappa shape index (κ3) is 3.72. The maximum absolute atomic E-state index is 12.4. The van der Waals surface area contributed by atoms with Crippen LogP contribution in [0.5, 0.6) is 0 Å². The zero-order chi connectivity index (χ0) is 19.5. The van der Waals surface area contributed by atoms with Crippen LogP contribution in [-0.2, 0) is 30.8 Å². The summed E-state index contributed by atoms with van der Waals surface area (Å²) in [6.45, 7) is 4.01. The average molecular weight is 382 g/mol. The van der Waals surface area contributed by atoms with Crippen LogP contribution < -0.4 is 11.0 Å². The molecule has 148 valence electrons. The van der Waals surface area contributed by atoms with E-state index in [-0.39, 0.29) is 18.1 Å². The molecule has 2 aromatic heterocycles. The van der Waals surface area contributed by atoms with Gasteiger partial charge in [0.05, 0.1) is 11.0 Å². The molecule has 1 aliphatic heterocycles. The number of hydrogen-bond donors (Lipinski definition) is 1. The van der Waals surface area contributed by atoms with E-state index in [1.165, 1.54) is 4.68 Å². The maximum atomic E-state index is 12.4. The van der Waals surface area contributed by atoms with E-state index in [9.17, 15) is 9.59 Å². The lowest BCUT2D eigenvalue weighted by atomic mass is 10.2. The second-order valence-corrected chi connectivity index (χ2v) is 7.32. The minimum Gasteiger partial charge on any atom is -0.354 e. The van der Waals surface area contributed by atoms with Crippen molar-refractivity contribution in [1.82, 2.24) is 29.2 Å². The summed E-state index contributed by atoms with van der Waals surface area (Å²) in [5.74, 6) is 1.60. The zero-order valence-corrected chi connectivity index (χ0v) is 16.2. The molecular weight excluding hydrogens is 356 g/mol. The van der Waals surface area contributed by atoms with Gasteiger partial charge in [0.1, 0.15) is 18.2 Å². The van der Waals surface area contributed by atoms with Gasteiger partial charge in [0.15, 0.2) is 0 Å². The van der Waals surface area contributed by atoms with Crippen LogP contribution >= 0.6 is 0 Å². The SMILES string of the molecule is Cc1nc2ccccc2n1CCCNC(=O)Cn1nc2n(c1=O)CCCCC2. The summed E-state index contributed by atoms with van der Waals surface area (Å²) >= 11 is 0. The predicted molar refractivity (Wildman–Crippen MR) is 106 cm³/mol. The van der Waals surface area contributed by atoms with Gasteiger partial charge in [0.25, 0.3) is 0 Å². The number of nitrogens with zero attached hydrogens (tertiary/aromatic N) is 5. The number of nitrogens with one attached hydrogen (secondary N) is 1. The molecule has 1 N–H and O–H groups in total. The fourth-order valence-electron chi connectivity index (χ4n) is 3.86. The lowest BCUT2D eigenvalue weighted by Gasteiger charge is -2.08. The Morgan fingerprint density at radius 2 is 2.07 bits per heavy atom. The molecule has 0 saturated heterocycles. The number of hydrogen-bond acceptors (Lipinski definition) is 4. The molecule has 4 rings (SSSR count). The molecule has 0 bridgehead atoms. The minimum absolute atomic E-state index is 0.0220. The van der Waals surface area contributed by atoms with Crippen LogP contribution in [0.25, 0.3) is 11.0 Å². The number of rotatable bonds is 6. The number of carbonyl (C=O) groups is 1. The lowest BCUT2D eigenvalue weighted by Crippen LogP contribution is -2.34. The van der Waals surface area contributed by atoms with E-state index in [4.69, 9.17) is 0 Å². The van der Waals surface area contributed by atoms with E-state index in [1.807, 2.05) is 25.1 Å². The molecule has 1 aromatic carbocycles. The average Bonchev–Trinajstić information content (AvgIpc) is 3.03. The highest BCUT2D eigenvalue weighted by molar-refractivity contribution is 5.76. The second kappa shape index (κ2) is 8.00. The number of aryl methyl sites for hydroxylation is 3. The molecule has 0 spiro atoms. The number of fused-ring (bicyclic) bond motifs is 2. The Morgan fingerprint density at radius 1 is 1.21 bits per heavy atom. The molecular formula is C20H26N6O2. The summed E-state index contributed by atoms with van der Waals surface area (Å²) in [5, 5.41) is 7.26. The summed E-state index contributed by atoms with van der Waals surface area (Å²) in [6.07, 6.45) is 4.76. The Kier molecular flexibility index (Phi) is 5.27. The first-order valence-electron chi connectivity index (χ1n) is 9.98. The van der Waals surface area contributed by atoms with E-state index in [0.717, 1.165) is 61.3 Å². The molecule has 3 aromatic rings. The molecule has 28 heavy (non-hydrogen) atoms. The fourth-order valence-corrected chi connectivity index (χ4v) is 3.86. The summed E-state index contributed by atoms with van der Waals surface area (Å²) in [6, 6.07) is 8.05. The van der Waals surface area contributed by atoms with Gasteiger partial charge in [0, 0.05) is 26.1 Å². The van der Waals surface area contributed by atoms with Gasteiger partial charge in [-0.05, 0) is 38.3 Å². The Labute approximate surface area is 163 Å². The highest BCUT2D eigenvalue weighted by Gasteiger charge is 2.17. The van der Waals surface area contributed by atoms with Crippen molar-refractivity contribution < 1.29 is 4.79 Å².